The van der Waals surface area contributed by atoms with E-state index in [1.807, 2.05) is 13.1 Å². The van der Waals surface area contributed by atoms with E-state index in [9.17, 15) is 0 Å². The molecule has 0 radical (unpaired) electrons. The summed E-state index contributed by atoms with van der Waals surface area (Å²) in [4.78, 5) is 4.31. The molecule has 0 atom stereocenters. The van der Waals surface area contributed by atoms with E-state index in [1.165, 1.54) is 5.57 Å². The summed E-state index contributed by atoms with van der Waals surface area (Å²) >= 11 is 0. The minimum Gasteiger partial charge on any atom is -0.535 e. The number of aliphatic imine (C=N–C) groups is 1. The van der Waals surface area contributed by atoms with Crippen molar-refractivity contribution in [1.29, 1.82) is 0 Å². The van der Waals surface area contributed by atoms with E-state index in [0.717, 1.165) is 18.7 Å². The molecule has 0 N–H and O–H groups in total. The quantitative estimate of drug-likeness (QED) is 0.387. The van der Waals surface area contributed by atoms with Gasteiger partial charge in [0.15, 0.2) is 5.90 Å². The first-order valence-electron chi connectivity index (χ1n) is 5.06. The minimum absolute atomic E-state index is 0.789. The first kappa shape index (κ1) is 11.2. The third-order valence-corrected chi connectivity index (χ3v) is 2.71. The van der Waals surface area contributed by atoms with Gasteiger partial charge in [-0.25, -0.2) is 4.99 Å². The standard InChI is InChI=1S/C11H19NOSi/c1-10(13-14(2,3)4)12-9-11-7-5-6-8-11/h5,7,9H,6,8H2,1-4H3. The summed E-state index contributed by atoms with van der Waals surface area (Å²) < 4.78 is 5.72. The molecule has 0 aromatic rings. The summed E-state index contributed by atoms with van der Waals surface area (Å²) in [5, 5.41) is 0. The van der Waals surface area contributed by atoms with Gasteiger partial charge in [0.1, 0.15) is 0 Å². The van der Waals surface area contributed by atoms with Gasteiger partial charge in [0, 0.05) is 13.1 Å². The lowest BCUT2D eigenvalue weighted by Crippen LogP contribution is -2.27. The Labute approximate surface area is 87.5 Å². The van der Waals surface area contributed by atoms with E-state index in [4.69, 9.17) is 4.43 Å². The van der Waals surface area contributed by atoms with Crippen LogP contribution in [0.4, 0.5) is 0 Å². The Hall–Kier alpha value is -0.833. The molecule has 0 aromatic heterocycles. The molecule has 0 saturated heterocycles. The molecule has 2 nitrogen and oxygen atoms in total. The highest BCUT2D eigenvalue weighted by Gasteiger charge is 2.16. The van der Waals surface area contributed by atoms with Gasteiger partial charge in [0.25, 0.3) is 0 Å². The van der Waals surface area contributed by atoms with Crippen LogP contribution in [-0.4, -0.2) is 14.2 Å². The second-order valence-corrected chi connectivity index (χ2v) is 8.94. The highest BCUT2D eigenvalue weighted by molar-refractivity contribution is 6.71. The molecule has 0 amide bonds. The van der Waals surface area contributed by atoms with E-state index >= 15 is 0 Å². The maximum Gasteiger partial charge on any atom is 0.243 e. The Morgan fingerprint density at radius 3 is 2.71 bits per heavy atom. The first-order valence-corrected chi connectivity index (χ1v) is 8.47. The van der Waals surface area contributed by atoms with Crippen molar-refractivity contribution in [2.24, 2.45) is 4.99 Å². The van der Waals surface area contributed by atoms with E-state index < -0.39 is 8.32 Å². The fraction of sp³-hybridized carbons (Fsp3) is 0.545. The zero-order chi connectivity index (χ0) is 10.6. The van der Waals surface area contributed by atoms with Crippen molar-refractivity contribution in [1.82, 2.24) is 0 Å². The van der Waals surface area contributed by atoms with Crippen molar-refractivity contribution >= 4 is 14.2 Å². The maximum atomic E-state index is 5.72. The average Bonchev–Trinajstić information content (AvgIpc) is 2.49. The Morgan fingerprint density at radius 1 is 1.50 bits per heavy atom. The monoisotopic (exact) mass is 209 g/mol. The topological polar surface area (TPSA) is 21.6 Å². The largest absolute Gasteiger partial charge is 0.535 e. The van der Waals surface area contributed by atoms with Gasteiger partial charge >= 0.3 is 0 Å². The van der Waals surface area contributed by atoms with E-state index in [-0.39, 0.29) is 0 Å². The summed E-state index contributed by atoms with van der Waals surface area (Å²) in [7, 11) is -1.48. The molecule has 78 valence electrons. The highest BCUT2D eigenvalue weighted by atomic mass is 28.4. The van der Waals surface area contributed by atoms with Gasteiger partial charge in [-0.15, -0.1) is 0 Å². The van der Waals surface area contributed by atoms with Crippen LogP contribution in [0.5, 0.6) is 0 Å². The lowest BCUT2D eigenvalue weighted by atomic mass is 10.3. The van der Waals surface area contributed by atoms with Gasteiger partial charge in [-0.2, -0.15) is 0 Å². The van der Waals surface area contributed by atoms with Crippen LogP contribution in [0.3, 0.4) is 0 Å². The fourth-order valence-corrected chi connectivity index (χ4v) is 2.26. The summed E-state index contributed by atoms with van der Waals surface area (Å²) in [6.07, 6.45) is 8.49. The van der Waals surface area contributed by atoms with Crippen molar-refractivity contribution < 1.29 is 4.43 Å². The SMILES string of the molecule is CC(=NC=C1C=CCC1)O[Si](C)(C)C. The molecule has 1 aliphatic rings. The number of nitrogens with zero attached hydrogens (tertiary/aromatic N) is 1. The van der Waals surface area contributed by atoms with E-state index in [0.29, 0.717) is 0 Å². The van der Waals surface area contributed by atoms with Crippen molar-refractivity contribution in [3.63, 3.8) is 0 Å². The summed E-state index contributed by atoms with van der Waals surface area (Å²) in [5.74, 6) is 0.789. The Bertz CT molecular complexity index is 284. The van der Waals surface area contributed by atoms with Crippen LogP contribution in [0.15, 0.2) is 28.9 Å². The van der Waals surface area contributed by atoms with Crippen LogP contribution in [0.25, 0.3) is 0 Å². The molecular weight excluding hydrogens is 190 g/mol. The zero-order valence-electron chi connectivity index (χ0n) is 9.50. The van der Waals surface area contributed by atoms with Crippen molar-refractivity contribution in [2.45, 2.75) is 39.4 Å². The Balaban J connectivity index is 2.52. The van der Waals surface area contributed by atoms with Crippen molar-refractivity contribution in [3.8, 4) is 0 Å². The van der Waals surface area contributed by atoms with Crippen LogP contribution in [0.1, 0.15) is 19.8 Å². The zero-order valence-corrected chi connectivity index (χ0v) is 10.5. The number of rotatable bonds is 2. The fourth-order valence-electron chi connectivity index (χ4n) is 1.32. The Morgan fingerprint density at radius 2 is 2.21 bits per heavy atom. The van der Waals surface area contributed by atoms with Crippen molar-refractivity contribution in [3.05, 3.63) is 23.9 Å². The van der Waals surface area contributed by atoms with Crippen LogP contribution < -0.4 is 0 Å². The number of hydrogen-bond acceptors (Lipinski definition) is 2. The predicted molar refractivity (Wildman–Crippen MR) is 64.0 cm³/mol. The first-order chi connectivity index (χ1) is 6.47. The molecule has 0 unspecified atom stereocenters. The summed E-state index contributed by atoms with van der Waals surface area (Å²) in [6, 6.07) is 0. The van der Waals surface area contributed by atoms with E-state index in [1.54, 1.807) is 0 Å². The van der Waals surface area contributed by atoms with Gasteiger partial charge < -0.3 is 4.43 Å². The molecule has 14 heavy (non-hydrogen) atoms. The van der Waals surface area contributed by atoms with Crippen LogP contribution in [0.2, 0.25) is 19.6 Å². The molecule has 1 rings (SSSR count). The van der Waals surface area contributed by atoms with Gasteiger partial charge in [0.2, 0.25) is 8.32 Å². The molecular formula is C11H19NOSi. The second-order valence-electron chi connectivity index (χ2n) is 4.51. The van der Waals surface area contributed by atoms with Crippen LogP contribution in [-0.2, 0) is 4.43 Å². The third-order valence-electron chi connectivity index (χ3n) is 1.80. The summed E-state index contributed by atoms with van der Waals surface area (Å²) in [6.45, 7) is 8.41. The molecule has 0 bridgehead atoms. The number of allylic oxidation sites excluding steroid dienone is 3. The van der Waals surface area contributed by atoms with Crippen LogP contribution in [0, 0.1) is 0 Å². The van der Waals surface area contributed by atoms with E-state index in [2.05, 4.69) is 36.8 Å². The maximum absolute atomic E-state index is 5.72. The molecule has 1 aliphatic carbocycles. The third kappa shape index (κ3) is 4.42. The molecule has 0 spiro atoms. The number of hydrogen-bond donors (Lipinski definition) is 0. The highest BCUT2D eigenvalue weighted by Crippen LogP contribution is 2.15. The van der Waals surface area contributed by atoms with Gasteiger partial charge in [-0.3, -0.25) is 0 Å². The van der Waals surface area contributed by atoms with Crippen molar-refractivity contribution in [2.75, 3.05) is 0 Å². The molecule has 0 fully saturated rings. The molecule has 0 aromatic carbocycles. The second kappa shape index (κ2) is 4.60. The summed E-state index contributed by atoms with van der Waals surface area (Å²) in [5.41, 5.74) is 1.29. The predicted octanol–water partition coefficient (Wildman–Crippen LogP) is 3.49. The lowest BCUT2D eigenvalue weighted by molar-refractivity contribution is 0.547. The normalized spacial score (nSPS) is 20.6. The molecule has 0 saturated carbocycles. The molecule has 0 aliphatic heterocycles. The lowest BCUT2D eigenvalue weighted by Gasteiger charge is -2.17. The molecule has 3 heteroatoms. The smallest absolute Gasteiger partial charge is 0.243 e. The minimum atomic E-state index is -1.48. The van der Waals surface area contributed by atoms with Gasteiger partial charge in [0.05, 0.1) is 0 Å². The van der Waals surface area contributed by atoms with Crippen LogP contribution >= 0.6 is 0 Å². The van der Waals surface area contributed by atoms with Gasteiger partial charge in [-0.05, 0) is 38.1 Å². The average molecular weight is 209 g/mol. The van der Waals surface area contributed by atoms with Gasteiger partial charge in [-0.1, -0.05) is 12.2 Å². The Kier molecular flexibility index (Phi) is 3.69. The molecule has 0 heterocycles.